The fourth-order valence-electron chi connectivity index (χ4n) is 2.99. The summed E-state index contributed by atoms with van der Waals surface area (Å²) in [6.45, 7) is 2.11. The molecule has 3 aromatic rings. The van der Waals surface area contributed by atoms with Crippen LogP contribution in [0.25, 0.3) is 11.0 Å². The van der Waals surface area contributed by atoms with Crippen molar-refractivity contribution < 1.29 is 0 Å². The number of nitrogens with two attached hydrogens (primary N) is 1. The van der Waals surface area contributed by atoms with Gasteiger partial charge in [-0.05, 0) is 49.1 Å². The highest BCUT2D eigenvalue weighted by atomic mass is 15.0. The molecule has 0 spiro atoms. The van der Waals surface area contributed by atoms with Crippen LogP contribution in [0.2, 0.25) is 0 Å². The molecule has 0 amide bonds. The first-order valence-electron chi connectivity index (χ1n) is 7.01. The molecule has 3 N–H and O–H groups in total. The van der Waals surface area contributed by atoms with Crippen molar-refractivity contribution in [2.45, 2.75) is 25.2 Å². The Kier molecular flexibility index (Phi) is 2.22. The summed E-state index contributed by atoms with van der Waals surface area (Å²) in [4.78, 5) is 8.37. The number of para-hydroxylation sites is 1. The van der Waals surface area contributed by atoms with Crippen LogP contribution in [0.1, 0.15) is 29.8 Å². The summed E-state index contributed by atoms with van der Waals surface area (Å²) in [5.74, 6) is 1.09. The van der Waals surface area contributed by atoms with E-state index in [0.717, 1.165) is 35.4 Å². The van der Waals surface area contributed by atoms with Gasteiger partial charge in [-0.15, -0.1) is 0 Å². The predicted molar refractivity (Wildman–Crippen MR) is 81.7 cm³/mol. The maximum atomic E-state index is 5.79. The Morgan fingerprint density at radius 1 is 1.10 bits per heavy atom. The number of imidazole rings is 1. The highest BCUT2D eigenvalue weighted by Gasteiger charge is 2.48. The second-order valence-corrected chi connectivity index (χ2v) is 5.76. The number of rotatable bonds is 2. The van der Waals surface area contributed by atoms with Gasteiger partial charge in [0.15, 0.2) is 0 Å². The SMILES string of the molecule is Cc1cccc2[nH]c(C3(c4ccc(N)cc4)CC3)nc12. The number of H-pyrrole nitrogens is 1. The van der Waals surface area contributed by atoms with Crippen molar-refractivity contribution in [2.24, 2.45) is 0 Å². The lowest BCUT2D eigenvalue weighted by Gasteiger charge is -2.12. The standard InChI is InChI=1S/C17H17N3/c1-11-3-2-4-14-15(11)20-16(19-14)17(9-10-17)12-5-7-13(18)8-6-12/h2-8H,9-10,18H2,1H3,(H,19,20). The van der Waals surface area contributed by atoms with Gasteiger partial charge in [-0.1, -0.05) is 24.3 Å². The van der Waals surface area contributed by atoms with Crippen LogP contribution >= 0.6 is 0 Å². The minimum atomic E-state index is 0.0686. The molecule has 4 rings (SSSR count). The fraction of sp³-hybridized carbons (Fsp3) is 0.235. The molecule has 0 atom stereocenters. The number of hydrogen-bond donors (Lipinski definition) is 2. The van der Waals surface area contributed by atoms with Crippen molar-refractivity contribution in [2.75, 3.05) is 5.73 Å². The molecule has 1 aliphatic rings. The van der Waals surface area contributed by atoms with Gasteiger partial charge in [0.05, 0.1) is 16.4 Å². The van der Waals surface area contributed by atoms with E-state index in [1.807, 2.05) is 12.1 Å². The van der Waals surface area contributed by atoms with Crippen molar-refractivity contribution >= 4 is 16.7 Å². The van der Waals surface area contributed by atoms with Gasteiger partial charge in [-0.25, -0.2) is 4.98 Å². The molecule has 0 bridgehead atoms. The van der Waals surface area contributed by atoms with Crippen LogP contribution < -0.4 is 5.73 Å². The van der Waals surface area contributed by atoms with E-state index < -0.39 is 0 Å². The number of hydrogen-bond acceptors (Lipinski definition) is 2. The second-order valence-electron chi connectivity index (χ2n) is 5.76. The first-order chi connectivity index (χ1) is 9.69. The van der Waals surface area contributed by atoms with Crippen LogP contribution in [-0.2, 0) is 5.41 Å². The third-order valence-electron chi connectivity index (χ3n) is 4.38. The van der Waals surface area contributed by atoms with Gasteiger partial charge >= 0.3 is 0 Å². The summed E-state index contributed by atoms with van der Waals surface area (Å²) in [6.07, 6.45) is 2.30. The van der Waals surface area contributed by atoms with Crippen LogP contribution in [0.4, 0.5) is 5.69 Å². The number of fused-ring (bicyclic) bond motifs is 1. The second kappa shape index (κ2) is 3.85. The molecule has 0 aliphatic heterocycles. The van der Waals surface area contributed by atoms with Crippen LogP contribution in [0, 0.1) is 6.92 Å². The van der Waals surface area contributed by atoms with Crippen molar-refractivity contribution in [3.05, 3.63) is 59.4 Å². The van der Waals surface area contributed by atoms with Crippen molar-refractivity contribution in [1.82, 2.24) is 9.97 Å². The zero-order chi connectivity index (χ0) is 13.7. The lowest BCUT2D eigenvalue weighted by molar-refractivity contribution is 0.779. The van der Waals surface area contributed by atoms with Gasteiger partial charge in [0, 0.05) is 5.69 Å². The van der Waals surface area contributed by atoms with E-state index in [9.17, 15) is 0 Å². The van der Waals surface area contributed by atoms with Crippen molar-refractivity contribution in [3.8, 4) is 0 Å². The van der Waals surface area contributed by atoms with Crippen molar-refractivity contribution in [1.29, 1.82) is 0 Å². The summed E-state index contributed by atoms with van der Waals surface area (Å²) in [5, 5.41) is 0. The number of aryl methyl sites for hydroxylation is 1. The van der Waals surface area contributed by atoms with Gasteiger partial charge < -0.3 is 10.7 Å². The van der Waals surface area contributed by atoms with Crippen molar-refractivity contribution in [3.63, 3.8) is 0 Å². The zero-order valence-electron chi connectivity index (χ0n) is 11.5. The van der Waals surface area contributed by atoms with Gasteiger partial charge in [0.2, 0.25) is 0 Å². The maximum Gasteiger partial charge on any atom is 0.117 e. The molecule has 1 aromatic heterocycles. The molecule has 20 heavy (non-hydrogen) atoms. The molecule has 0 unspecified atom stereocenters. The quantitative estimate of drug-likeness (QED) is 0.695. The molecule has 0 radical (unpaired) electrons. The molecule has 3 nitrogen and oxygen atoms in total. The molecule has 0 saturated heterocycles. The first kappa shape index (κ1) is 11.5. The number of nitrogens with zero attached hydrogens (tertiary/aromatic N) is 1. The largest absolute Gasteiger partial charge is 0.399 e. The highest BCUT2D eigenvalue weighted by Crippen LogP contribution is 2.52. The number of benzene rings is 2. The highest BCUT2D eigenvalue weighted by molar-refractivity contribution is 5.79. The van der Waals surface area contributed by atoms with E-state index in [4.69, 9.17) is 10.7 Å². The van der Waals surface area contributed by atoms with E-state index in [2.05, 4.69) is 42.2 Å². The van der Waals surface area contributed by atoms with E-state index in [1.54, 1.807) is 0 Å². The predicted octanol–water partition coefficient (Wildman–Crippen LogP) is 3.53. The topological polar surface area (TPSA) is 54.7 Å². The van der Waals surface area contributed by atoms with E-state index in [-0.39, 0.29) is 5.41 Å². The Hall–Kier alpha value is -2.29. The van der Waals surface area contributed by atoms with Gasteiger partial charge in [0.25, 0.3) is 0 Å². The summed E-state index contributed by atoms with van der Waals surface area (Å²) in [6, 6.07) is 14.5. The number of nitrogen functional groups attached to an aromatic ring is 1. The summed E-state index contributed by atoms with van der Waals surface area (Å²) < 4.78 is 0. The Bertz CT molecular complexity index is 780. The molecular weight excluding hydrogens is 246 g/mol. The molecular formula is C17H17N3. The smallest absolute Gasteiger partial charge is 0.117 e. The molecule has 1 saturated carbocycles. The lowest BCUT2D eigenvalue weighted by atomic mass is 9.95. The zero-order valence-corrected chi connectivity index (χ0v) is 11.5. The van der Waals surface area contributed by atoms with Crippen LogP contribution in [-0.4, -0.2) is 9.97 Å². The normalized spacial score (nSPS) is 16.4. The molecule has 1 aliphatic carbocycles. The lowest BCUT2D eigenvalue weighted by Crippen LogP contribution is -2.10. The summed E-state index contributed by atoms with van der Waals surface area (Å²) >= 11 is 0. The van der Waals surface area contributed by atoms with Crippen LogP contribution in [0.15, 0.2) is 42.5 Å². The minimum Gasteiger partial charge on any atom is -0.399 e. The monoisotopic (exact) mass is 263 g/mol. The Labute approximate surface area is 117 Å². The Balaban J connectivity index is 1.86. The number of anilines is 1. The number of aromatic nitrogens is 2. The maximum absolute atomic E-state index is 5.79. The van der Waals surface area contributed by atoms with Crippen LogP contribution in [0.5, 0.6) is 0 Å². The molecule has 1 heterocycles. The van der Waals surface area contributed by atoms with Gasteiger partial charge in [-0.3, -0.25) is 0 Å². The van der Waals surface area contributed by atoms with Gasteiger partial charge in [0.1, 0.15) is 5.82 Å². The molecule has 3 heteroatoms. The molecule has 100 valence electrons. The first-order valence-corrected chi connectivity index (χ1v) is 7.01. The molecule has 1 fully saturated rings. The fourth-order valence-corrected chi connectivity index (χ4v) is 2.99. The third-order valence-corrected chi connectivity index (χ3v) is 4.38. The number of nitrogens with one attached hydrogen (secondary N) is 1. The summed E-state index contributed by atoms with van der Waals surface area (Å²) in [5.41, 5.74) is 11.4. The molecule has 2 aromatic carbocycles. The van der Waals surface area contributed by atoms with E-state index >= 15 is 0 Å². The van der Waals surface area contributed by atoms with Gasteiger partial charge in [-0.2, -0.15) is 0 Å². The average molecular weight is 263 g/mol. The Morgan fingerprint density at radius 3 is 2.50 bits per heavy atom. The third kappa shape index (κ3) is 1.56. The Morgan fingerprint density at radius 2 is 1.85 bits per heavy atom. The van der Waals surface area contributed by atoms with E-state index in [1.165, 1.54) is 11.1 Å². The summed E-state index contributed by atoms with van der Waals surface area (Å²) in [7, 11) is 0. The number of aromatic amines is 1. The van der Waals surface area contributed by atoms with Crippen LogP contribution in [0.3, 0.4) is 0 Å². The van der Waals surface area contributed by atoms with E-state index in [0.29, 0.717) is 0 Å². The average Bonchev–Trinajstić information content (AvgIpc) is 3.13. The minimum absolute atomic E-state index is 0.0686.